The molecule has 0 aromatic carbocycles. The number of hydrogen-bond donors (Lipinski definition) is 0. The molecule has 3 rings (SSSR count). The highest BCUT2D eigenvalue weighted by Crippen LogP contribution is 2.34. The summed E-state index contributed by atoms with van der Waals surface area (Å²) in [4.78, 5) is 16.9. The second kappa shape index (κ2) is 5.71. The van der Waals surface area contributed by atoms with Crippen molar-refractivity contribution < 1.29 is 13.6 Å². The summed E-state index contributed by atoms with van der Waals surface area (Å²) in [7, 11) is 1.85. The smallest absolute Gasteiger partial charge is 0.337 e. The highest BCUT2D eigenvalue weighted by atomic mass is 32.1. The van der Waals surface area contributed by atoms with Gasteiger partial charge in [0.1, 0.15) is 12.2 Å². The third kappa shape index (κ3) is 2.60. The van der Waals surface area contributed by atoms with E-state index in [1.165, 1.54) is 16.5 Å². The average molecular weight is 327 g/mol. The van der Waals surface area contributed by atoms with E-state index in [2.05, 4.69) is 15.2 Å². The normalized spacial score (nSPS) is 17.0. The van der Waals surface area contributed by atoms with Gasteiger partial charge in [0.15, 0.2) is 5.01 Å². The van der Waals surface area contributed by atoms with Gasteiger partial charge in [-0.1, -0.05) is 0 Å². The summed E-state index contributed by atoms with van der Waals surface area (Å²) in [5.41, 5.74) is 0. The molecule has 0 unspecified atom stereocenters. The number of thiazole rings is 1. The molecule has 0 saturated carbocycles. The first-order valence-corrected chi connectivity index (χ1v) is 7.79. The minimum Gasteiger partial charge on any atom is -0.337 e. The Morgan fingerprint density at radius 3 is 2.68 bits per heavy atom. The van der Waals surface area contributed by atoms with Crippen LogP contribution in [0.5, 0.6) is 0 Å². The van der Waals surface area contributed by atoms with E-state index < -0.39 is 16.8 Å². The average Bonchev–Trinajstić information content (AvgIpc) is 3.18. The molecule has 0 N–H and O–H groups in total. The lowest BCUT2D eigenvalue weighted by Gasteiger charge is -2.33. The number of carbonyl (C=O) groups is 1. The summed E-state index contributed by atoms with van der Waals surface area (Å²) in [5.74, 6) is -3.74. The fourth-order valence-corrected chi connectivity index (χ4v) is 3.28. The van der Waals surface area contributed by atoms with Gasteiger partial charge >= 0.3 is 11.8 Å². The lowest BCUT2D eigenvalue weighted by molar-refractivity contribution is -0.160. The van der Waals surface area contributed by atoms with Crippen molar-refractivity contribution in [3.8, 4) is 0 Å². The van der Waals surface area contributed by atoms with Crippen molar-refractivity contribution in [2.24, 2.45) is 7.05 Å². The number of halogens is 2. The molecule has 6 nitrogen and oxygen atoms in total. The van der Waals surface area contributed by atoms with Crippen molar-refractivity contribution in [3.05, 3.63) is 28.7 Å². The van der Waals surface area contributed by atoms with Crippen LogP contribution in [-0.2, 0) is 17.8 Å². The first-order chi connectivity index (χ1) is 10.5. The maximum absolute atomic E-state index is 14.1. The number of hydrogen-bond acceptors (Lipinski definition) is 5. The van der Waals surface area contributed by atoms with Crippen molar-refractivity contribution in [2.45, 2.75) is 24.7 Å². The van der Waals surface area contributed by atoms with Crippen LogP contribution in [0, 0.1) is 0 Å². The van der Waals surface area contributed by atoms with Gasteiger partial charge in [-0.05, 0) is 12.8 Å². The van der Waals surface area contributed by atoms with Gasteiger partial charge in [0, 0.05) is 37.6 Å². The second-order valence-corrected chi connectivity index (χ2v) is 6.17. The Kier molecular flexibility index (Phi) is 3.90. The predicted octanol–water partition coefficient (Wildman–Crippen LogP) is 1.77. The predicted molar refractivity (Wildman–Crippen MR) is 75.6 cm³/mol. The highest BCUT2D eigenvalue weighted by Gasteiger charge is 2.47. The Hall–Kier alpha value is -1.90. The van der Waals surface area contributed by atoms with Gasteiger partial charge in [-0.15, -0.1) is 21.5 Å². The van der Waals surface area contributed by atoms with E-state index in [0.29, 0.717) is 12.8 Å². The van der Waals surface area contributed by atoms with E-state index >= 15 is 0 Å². The van der Waals surface area contributed by atoms with Gasteiger partial charge in [-0.25, -0.2) is 4.98 Å². The third-order valence-electron chi connectivity index (χ3n) is 3.86. The summed E-state index contributed by atoms with van der Waals surface area (Å²) in [6.07, 6.45) is 4.10. The molecule has 1 aliphatic rings. The molecule has 0 radical (unpaired) electrons. The zero-order valence-corrected chi connectivity index (χ0v) is 12.8. The van der Waals surface area contributed by atoms with Gasteiger partial charge in [-0.3, -0.25) is 4.79 Å². The Bertz CT molecular complexity index is 649. The number of carbonyl (C=O) groups excluding carboxylic acids is 1. The van der Waals surface area contributed by atoms with Crippen molar-refractivity contribution >= 4 is 17.2 Å². The number of rotatable bonds is 3. The van der Waals surface area contributed by atoms with Crippen LogP contribution in [0.15, 0.2) is 17.9 Å². The molecular formula is C13H15F2N5OS. The van der Waals surface area contributed by atoms with Crippen LogP contribution in [0.3, 0.4) is 0 Å². The first-order valence-electron chi connectivity index (χ1n) is 6.91. The van der Waals surface area contributed by atoms with Crippen molar-refractivity contribution in [2.75, 3.05) is 13.1 Å². The van der Waals surface area contributed by atoms with Crippen molar-refractivity contribution in [1.29, 1.82) is 0 Å². The van der Waals surface area contributed by atoms with E-state index in [9.17, 15) is 13.6 Å². The molecule has 1 aliphatic heterocycles. The fourth-order valence-electron chi connectivity index (χ4n) is 2.67. The molecule has 9 heteroatoms. The zero-order chi connectivity index (χ0) is 15.7. The lowest BCUT2D eigenvalue weighted by Crippen LogP contribution is -2.45. The molecule has 118 valence electrons. The molecule has 3 heterocycles. The molecule has 0 aliphatic carbocycles. The summed E-state index contributed by atoms with van der Waals surface area (Å²) in [5, 5.41) is 8.87. The summed E-state index contributed by atoms with van der Waals surface area (Å²) < 4.78 is 30.1. The molecule has 0 spiro atoms. The lowest BCUT2D eigenvalue weighted by atomic mass is 9.95. The molecule has 2 aromatic heterocycles. The minimum atomic E-state index is -3.55. The monoisotopic (exact) mass is 327 g/mol. The molecule has 0 bridgehead atoms. The van der Waals surface area contributed by atoms with E-state index in [0.717, 1.165) is 17.2 Å². The van der Waals surface area contributed by atoms with Crippen LogP contribution in [-0.4, -0.2) is 43.6 Å². The number of alkyl halides is 2. The van der Waals surface area contributed by atoms with Crippen LogP contribution in [0.4, 0.5) is 8.78 Å². The number of likely N-dealkylation sites (tertiary alicyclic amines) is 1. The van der Waals surface area contributed by atoms with Gasteiger partial charge in [0.05, 0.1) is 0 Å². The molecule has 2 aromatic rings. The standard InChI is InChI=1S/C13H15F2N5OS/c1-19-8-17-18-10(19)9-2-5-20(6-3-9)12(21)13(14,15)11-16-4-7-22-11/h4,7-9H,2-3,5-6H2,1H3. The minimum absolute atomic E-state index is 0.144. The van der Waals surface area contributed by atoms with Crippen molar-refractivity contribution in [1.82, 2.24) is 24.6 Å². The Labute approximate surface area is 129 Å². The Morgan fingerprint density at radius 2 is 2.14 bits per heavy atom. The summed E-state index contributed by atoms with van der Waals surface area (Å²) in [6, 6.07) is 0. The van der Waals surface area contributed by atoms with E-state index in [1.807, 2.05) is 11.6 Å². The maximum atomic E-state index is 14.1. The zero-order valence-electron chi connectivity index (χ0n) is 11.9. The number of aromatic nitrogens is 4. The molecular weight excluding hydrogens is 312 g/mol. The number of aryl methyl sites for hydroxylation is 1. The van der Waals surface area contributed by atoms with E-state index in [4.69, 9.17) is 0 Å². The van der Waals surface area contributed by atoms with Crippen molar-refractivity contribution in [3.63, 3.8) is 0 Å². The summed E-state index contributed by atoms with van der Waals surface area (Å²) in [6.45, 7) is 0.578. The largest absolute Gasteiger partial charge is 0.375 e. The van der Waals surface area contributed by atoms with Crippen LogP contribution >= 0.6 is 11.3 Å². The SMILES string of the molecule is Cn1cnnc1C1CCN(C(=O)C(F)(F)c2nccs2)CC1. The molecule has 1 saturated heterocycles. The Morgan fingerprint density at radius 1 is 1.41 bits per heavy atom. The molecule has 1 amide bonds. The third-order valence-corrected chi connectivity index (χ3v) is 4.71. The number of amides is 1. The number of piperidine rings is 1. The molecule has 22 heavy (non-hydrogen) atoms. The Balaban J connectivity index is 1.66. The summed E-state index contributed by atoms with van der Waals surface area (Å²) >= 11 is 0.793. The van der Waals surface area contributed by atoms with Gasteiger partial charge in [-0.2, -0.15) is 8.78 Å². The second-order valence-electron chi connectivity index (χ2n) is 5.28. The number of nitrogens with zero attached hydrogens (tertiary/aromatic N) is 5. The van der Waals surface area contributed by atoms with Gasteiger partial charge in [0.25, 0.3) is 0 Å². The fraction of sp³-hybridized carbons (Fsp3) is 0.538. The first kappa shape index (κ1) is 15.0. The van der Waals surface area contributed by atoms with Crippen LogP contribution in [0.2, 0.25) is 0 Å². The molecule has 1 fully saturated rings. The maximum Gasteiger partial charge on any atom is 0.375 e. The van der Waals surface area contributed by atoms with Gasteiger partial charge in [0.2, 0.25) is 0 Å². The quantitative estimate of drug-likeness (QED) is 0.862. The molecule has 0 atom stereocenters. The highest BCUT2D eigenvalue weighted by molar-refractivity contribution is 7.09. The van der Waals surface area contributed by atoms with Crippen LogP contribution < -0.4 is 0 Å². The topological polar surface area (TPSA) is 63.9 Å². The van der Waals surface area contributed by atoms with Crippen LogP contribution in [0.1, 0.15) is 29.6 Å². The van der Waals surface area contributed by atoms with E-state index in [-0.39, 0.29) is 19.0 Å². The van der Waals surface area contributed by atoms with Gasteiger partial charge < -0.3 is 9.47 Å². The van der Waals surface area contributed by atoms with E-state index in [1.54, 1.807) is 6.33 Å². The van der Waals surface area contributed by atoms with Crippen LogP contribution in [0.25, 0.3) is 0 Å².